The van der Waals surface area contributed by atoms with Crippen LogP contribution in [0.1, 0.15) is 172 Å². The number of hydrogen-bond donors (Lipinski definition) is 0. The maximum absolute atomic E-state index is 3.24. The fourth-order valence-corrected chi connectivity index (χ4v) is 12.8. The molecule has 0 N–H and O–H groups in total. The molecule has 1 heterocycles. The van der Waals surface area contributed by atoms with E-state index in [0.29, 0.717) is 5.41 Å². The van der Waals surface area contributed by atoms with E-state index >= 15 is 0 Å². The van der Waals surface area contributed by atoms with Gasteiger partial charge >= 0.3 is 0 Å². The minimum atomic E-state index is 0.563. The van der Waals surface area contributed by atoms with Crippen molar-refractivity contribution in [1.82, 2.24) is 4.90 Å². The monoisotopic (exact) mass is 632 g/mol. The highest BCUT2D eigenvalue weighted by molar-refractivity contribution is 7.14. The molecule has 0 aromatic carbocycles. The first-order valence-electron chi connectivity index (χ1n) is 20.1. The second-order valence-corrected chi connectivity index (χ2v) is 18.4. The molecule has 2 heteroatoms. The van der Waals surface area contributed by atoms with Crippen LogP contribution in [0.5, 0.6) is 0 Å². The number of hydrogen-bond acceptors (Lipinski definition) is 2. The van der Waals surface area contributed by atoms with Crippen LogP contribution in [0.4, 0.5) is 0 Å². The van der Waals surface area contributed by atoms with E-state index in [2.05, 4.69) is 69.9 Å². The molecule has 1 aromatic rings. The number of nitrogens with zero attached hydrogens (tertiary/aromatic N) is 1. The molecule has 5 atom stereocenters. The molecule has 5 unspecified atom stereocenters. The van der Waals surface area contributed by atoms with E-state index in [1.54, 1.807) is 12.0 Å². The molecular formula is C43H69NS. The summed E-state index contributed by atoms with van der Waals surface area (Å²) in [5.41, 5.74) is 2.14. The maximum atomic E-state index is 3.24. The van der Waals surface area contributed by atoms with Crippen LogP contribution < -0.4 is 0 Å². The molecule has 5 aliphatic rings. The molecule has 0 amide bonds. The molecule has 1 nitrogen and oxygen atoms in total. The Balaban J connectivity index is 1.10. The third-order valence-corrected chi connectivity index (χ3v) is 15.3. The van der Waals surface area contributed by atoms with Crippen LogP contribution in [0.15, 0.2) is 18.2 Å². The molecule has 0 radical (unpaired) electrons. The van der Waals surface area contributed by atoms with Gasteiger partial charge in [-0.15, -0.1) is 11.3 Å². The minimum absolute atomic E-state index is 0.563. The van der Waals surface area contributed by atoms with Gasteiger partial charge in [0, 0.05) is 27.9 Å². The number of fused-ring (bicyclic) bond motifs is 3. The Bertz CT molecular complexity index is 1110. The van der Waals surface area contributed by atoms with Gasteiger partial charge in [0.15, 0.2) is 0 Å². The number of aryl methyl sites for hydroxylation is 1. The number of allylic oxidation sites excluding steroid dienone is 2. The number of thiophene rings is 1. The summed E-state index contributed by atoms with van der Waals surface area (Å²) in [6.45, 7) is 12.4. The number of unbranched alkanes of at least 4 members (excludes halogenated alkanes) is 3. The van der Waals surface area contributed by atoms with Gasteiger partial charge in [0.2, 0.25) is 0 Å². The molecule has 5 saturated carbocycles. The summed E-state index contributed by atoms with van der Waals surface area (Å²) in [5.74, 6) is 5.80. The molecule has 0 spiro atoms. The van der Waals surface area contributed by atoms with Gasteiger partial charge in [-0.25, -0.2) is 0 Å². The highest BCUT2D eigenvalue weighted by Gasteiger charge is 2.57. The summed E-state index contributed by atoms with van der Waals surface area (Å²) >= 11 is 2.01. The maximum Gasteiger partial charge on any atom is 0.0305 e. The predicted octanol–water partition coefficient (Wildman–Crippen LogP) is 13.0. The molecule has 5 fully saturated rings. The highest BCUT2D eigenvalue weighted by Crippen LogP contribution is 2.63. The lowest BCUT2D eigenvalue weighted by Crippen LogP contribution is -2.54. The molecule has 252 valence electrons. The van der Waals surface area contributed by atoms with E-state index < -0.39 is 0 Å². The van der Waals surface area contributed by atoms with Gasteiger partial charge in [-0.3, -0.25) is 4.90 Å². The Labute approximate surface area is 283 Å². The van der Waals surface area contributed by atoms with E-state index in [1.165, 1.54) is 132 Å². The standard InChI is InChI=1S/C43H69NS/c1-6-8-9-10-14-33-29-37(45-42(33)13-7-2)27-21-32-19-24-35(25-20-32)44(34-22-17-31(3)18-23-34)36-26-28-39-38-15-11-12-16-40(38)43(4,5)41(39)30-36/h7,13,21,27,29,31-32,34-36,38-41H,6,8-12,14-20,22-26,28,30H2,1-5H3/b13-7+,27-21+. The summed E-state index contributed by atoms with van der Waals surface area (Å²) in [5, 5.41) is 0. The zero-order valence-corrected chi connectivity index (χ0v) is 30.9. The lowest BCUT2D eigenvalue weighted by Gasteiger charge is -2.51. The molecule has 0 bridgehead atoms. The van der Waals surface area contributed by atoms with E-state index in [4.69, 9.17) is 0 Å². The third-order valence-electron chi connectivity index (χ3n) is 14.2. The SMILES string of the molecule is C/C=C/c1sc(/C=C/C2CCC(N(C3CCC(C)CC3)C3CCC4C5CCCCC5C(C)(C)C4C3)CC2)cc1CCCCCC. The first kappa shape index (κ1) is 34.0. The van der Waals surface area contributed by atoms with E-state index in [1.807, 2.05) is 11.3 Å². The van der Waals surface area contributed by atoms with Gasteiger partial charge in [-0.05, 0) is 168 Å². The fourth-order valence-electron chi connectivity index (χ4n) is 11.7. The van der Waals surface area contributed by atoms with Crippen LogP contribution in [0.2, 0.25) is 0 Å². The highest BCUT2D eigenvalue weighted by atomic mass is 32.1. The summed E-state index contributed by atoms with van der Waals surface area (Å²) in [4.78, 5) is 6.22. The molecule has 0 saturated heterocycles. The summed E-state index contributed by atoms with van der Waals surface area (Å²) < 4.78 is 0. The van der Waals surface area contributed by atoms with Crippen molar-refractivity contribution in [2.75, 3.05) is 0 Å². The van der Waals surface area contributed by atoms with E-state index in [9.17, 15) is 0 Å². The average molecular weight is 632 g/mol. The third kappa shape index (κ3) is 7.74. The van der Waals surface area contributed by atoms with Gasteiger partial charge < -0.3 is 0 Å². The van der Waals surface area contributed by atoms with Gasteiger partial charge in [0.25, 0.3) is 0 Å². The number of rotatable bonds is 11. The molecule has 6 rings (SSSR count). The Morgan fingerprint density at radius 2 is 1.47 bits per heavy atom. The topological polar surface area (TPSA) is 3.24 Å². The van der Waals surface area contributed by atoms with Crippen molar-refractivity contribution in [3.63, 3.8) is 0 Å². The molecular weight excluding hydrogens is 563 g/mol. The summed E-state index contributed by atoms with van der Waals surface area (Å²) in [7, 11) is 0. The Morgan fingerprint density at radius 3 is 2.20 bits per heavy atom. The van der Waals surface area contributed by atoms with Crippen LogP contribution in [0, 0.1) is 40.9 Å². The summed E-state index contributed by atoms with van der Waals surface area (Å²) in [6, 6.07) is 5.06. The molecule has 0 aliphatic heterocycles. The molecule has 5 aliphatic carbocycles. The first-order valence-corrected chi connectivity index (χ1v) is 20.9. The average Bonchev–Trinajstić information content (AvgIpc) is 3.55. The van der Waals surface area contributed by atoms with Crippen molar-refractivity contribution in [2.45, 2.75) is 181 Å². The smallest absolute Gasteiger partial charge is 0.0305 e. The Hall–Kier alpha value is -0.860. The second-order valence-electron chi connectivity index (χ2n) is 17.3. The van der Waals surface area contributed by atoms with E-state index in [0.717, 1.165) is 53.6 Å². The predicted molar refractivity (Wildman–Crippen MR) is 199 cm³/mol. The van der Waals surface area contributed by atoms with Crippen LogP contribution in [-0.4, -0.2) is 23.0 Å². The zero-order valence-electron chi connectivity index (χ0n) is 30.1. The quantitative estimate of drug-likeness (QED) is 0.220. The van der Waals surface area contributed by atoms with Crippen LogP contribution in [-0.2, 0) is 6.42 Å². The Kier molecular flexibility index (Phi) is 11.8. The van der Waals surface area contributed by atoms with Gasteiger partial charge in [0.1, 0.15) is 0 Å². The van der Waals surface area contributed by atoms with E-state index in [-0.39, 0.29) is 0 Å². The van der Waals surface area contributed by atoms with Crippen molar-refractivity contribution >= 4 is 23.5 Å². The van der Waals surface area contributed by atoms with Gasteiger partial charge in [-0.1, -0.05) is 72.0 Å². The normalized spacial score (nSPS) is 37.0. The van der Waals surface area contributed by atoms with Crippen molar-refractivity contribution in [1.29, 1.82) is 0 Å². The van der Waals surface area contributed by atoms with Gasteiger partial charge in [0.05, 0.1) is 0 Å². The molecule has 1 aromatic heterocycles. The van der Waals surface area contributed by atoms with Crippen LogP contribution >= 0.6 is 11.3 Å². The fraction of sp³-hybridized carbons (Fsp3) is 0.814. The lowest BCUT2D eigenvalue weighted by molar-refractivity contribution is -0.0170. The Morgan fingerprint density at radius 1 is 0.778 bits per heavy atom. The van der Waals surface area contributed by atoms with Crippen LogP contribution in [0.3, 0.4) is 0 Å². The zero-order chi connectivity index (χ0) is 31.4. The lowest BCUT2D eigenvalue weighted by atomic mass is 9.66. The molecule has 45 heavy (non-hydrogen) atoms. The van der Waals surface area contributed by atoms with Crippen molar-refractivity contribution in [3.05, 3.63) is 33.5 Å². The summed E-state index contributed by atoms with van der Waals surface area (Å²) in [6.07, 6.45) is 38.5. The second kappa shape index (κ2) is 15.6. The largest absolute Gasteiger partial charge is 0.294 e. The minimum Gasteiger partial charge on any atom is -0.294 e. The van der Waals surface area contributed by atoms with Crippen molar-refractivity contribution < 1.29 is 0 Å². The van der Waals surface area contributed by atoms with Crippen LogP contribution in [0.25, 0.3) is 12.2 Å². The van der Waals surface area contributed by atoms with Crippen molar-refractivity contribution in [2.24, 2.45) is 40.9 Å². The van der Waals surface area contributed by atoms with Gasteiger partial charge in [-0.2, -0.15) is 0 Å². The van der Waals surface area contributed by atoms with Crippen molar-refractivity contribution in [3.8, 4) is 0 Å². The first-order chi connectivity index (χ1) is 21.9.